The number of hydrogen-bond acceptors (Lipinski definition) is 6. The maximum Gasteiger partial charge on any atom is 0.244 e. The summed E-state index contributed by atoms with van der Waals surface area (Å²) < 4.78 is 37.9. The number of sulfonamides is 1. The number of amides is 2. The van der Waals surface area contributed by atoms with Gasteiger partial charge in [-0.15, -0.1) is 0 Å². The maximum atomic E-state index is 13.8. The van der Waals surface area contributed by atoms with Crippen LogP contribution in [0.25, 0.3) is 0 Å². The van der Waals surface area contributed by atoms with Crippen LogP contribution >= 0.6 is 0 Å². The van der Waals surface area contributed by atoms with Crippen LogP contribution in [0.15, 0.2) is 78.9 Å². The zero-order valence-electron chi connectivity index (χ0n) is 24.1. The summed E-state index contributed by atoms with van der Waals surface area (Å²) in [5.74, 6) is 0.402. The number of hydrogen-bond donors (Lipinski definition) is 1. The Labute approximate surface area is 243 Å². The van der Waals surface area contributed by atoms with E-state index in [4.69, 9.17) is 9.47 Å². The van der Waals surface area contributed by atoms with Crippen LogP contribution in [0.5, 0.6) is 11.5 Å². The molecule has 3 rings (SSSR count). The van der Waals surface area contributed by atoms with Crippen LogP contribution in [0.4, 0.5) is 5.69 Å². The number of carbonyl (C=O) groups excluding carboxylic acids is 2. The van der Waals surface area contributed by atoms with Crippen molar-refractivity contribution >= 4 is 27.5 Å². The molecule has 0 saturated heterocycles. The Bertz CT molecular complexity index is 1380. The lowest BCUT2D eigenvalue weighted by atomic mass is 10.1. The largest absolute Gasteiger partial charge is 0.497 e. The molecular formula is C31H39N3O6S. The zero-order chi connectivity index (χ0) is 29.8. The van der Waals surface area contributed by atoms with Gasteiger partial charge in [-0.05, 0) is 60.4 Å². The molecule has 0 aliphatic heterocycles. The average molecular weight is 582 g/mol. The molecule has 9 nitrogen and oxygen atoms in total. The van der Waals surface area contributed by atoms with E-state index in [0.717, 1.165) is 28.1 Å². The SMILES string of the molecule is CCCNC(=O)[C@H](CC)N(Cc1cccc(OC)c1)C(=O)CN(c1ccc(OCc2ccccc2)cc1)S(C)(=O)=O. The fourth-order valence-corrected chi connectivity index (χ4v) is 5.17. The summed E-state index contributed by atoms with van der Waals surface area (Å²) in [4.78, 5) is 28.3. The summed E-state index contributed by atoms with van der Waals surface area (Å²) in [6.07, 6.45) is 2.16. The van der Waals surface area contributed by atoms with Crippen molar-refractivity contribution in [2.24, 2.45) is 0 Å². The minimum atomic E-state index is -3.84. The van der Waals surface area contributed by atoms with Gasteiger partial charge < -0.3 is 19.7 Å². The molecule has 0 aliphatic rings. The van der Waals surface area contributed by atoms with Gasteiger partial charge in [-0.3, -0.25) is 13.9 Å². The summed E-state index contributed by atoms with van der Waals surface area (Å²) in [7, 11) is -2.29. The first-order valence-corrected chi connectivity index (χ1v) is 15.5. The molecule has 0 heterocycles. The van der Waals surface area contributed by atoms with Crippen LogP contribution in [0, 0.1) is 0 Å². The van der Waals surface area contributed by atoms with Crippen LogP contribution in [-0.4, -0.2) is 57.6 Å². The quantitative estimate of drug-likeness (QED) is 0.286. The number of carbonyl (C=O) groups is 2. The molecule has 2 amide bonds. The van der Waals surface area contributed by atoms with Crippen LogP contribution in [-0.2, 0) is 32.8 Å². The first kappa shape index (κ1) is 31.5. The fraction of sp³-hybridized carbons (Fsp3) is 0.355. The Morgan fingerprint density at radius 2 is 1.59 bits per heavy atom. The second kappa shape index (κ2) is 15.1. The molecule has 0 saturated carbocycles. The summed E-state index contributed by atoms with van der Waals surface area (Å²) >= 11 is 0. The number of anilines is 1. The number of methoxy groups -OCH3 is 1. The topological polar surface area (TPSA) is 105 Å². The van der Waals surface area contributed by atoms with Crippen LogP contribution < -0.4 is 19.1 Å². The van der Waals surface area contributed by atoms with E-state index in [1.165, 1.54) is 4.90 Å². The average Bonchev–Trinajstić information content (AvgIpc) is 2.98. The lowest BCUT2D eigenvalue weighted by Gasteiger charge is -2.33. The minimum Gasteiger partial charge on any atom is -0.497 e. The molecule has 3 aromatic carbocycles. The van der Waals surface area contributed by atoms with Crippen molar-refractivity contribution in [1.29, 1.82) is 0 Å². The third-order valence-corrected chi connectivity index (χ3v) is 7.62. The second-order valence-electron chi connectivity index (χ2n) is 9.63. The highest BCUT2D eigenvalue weighted by Gasteiger charge is 2.31. The Morgan fingerprint density at radius 3 is 2.20 bits per heavy atom. The summed E-state index contributed by atoms with van der Waals surface area (Å²) in [6.45, 7) is 4.26. The van der Waals surface area contributed by atoms with Crippen LogP contribution in [0.3, 0.4) is 0 Å². The van der Waals surface area contributed by atoms with E-state index in [9.17, 15) is 18.0 Å². The third kappa shape index (κ3) is 9.24. The van der Waals surface area contributed by atoms with Crippen molar-refractivity contribution in [2.75, 3.05) is 30.8 Å². The van der Waals surface area contributed by atoms with Gasteiger partial charge in [-0.1, -0.05) is 56.3 Å². The normalized spacial score (nSPS) is 11.8. The predicted octanol–water partition coefficient (Wildman–Crippen LogP) is 4.37. The smallest absolute Gasteiger partial charge is 0.244 e. The van der Waals surface area contributed by atoms with Gasteiger partial charge in [-0.2, -0.15) is 0 Å². The molecule has 0 fully saturated rings. The van der Waals surface area contributed by atoms with Gasteiger partial charge >= 0.3 is 0 Å². The van der Waals surface area contributed by atoms with Crippen molar-refractivity contribution in [3.63, 3.8) is 0 Å². The van der Waals surface area contributed by atoms with Crippen LogP contribution in [0.2, 0.25) is 0 Å². The molecule has 0 bridgehead atoms. The predicted molar refractivity (Wildman–Crippen MR) is 160 cm³/mol. The number of nitrogens with one attached hydrogen (secondary N) is 1. The maximum absolute atomic E-state index is 13.8. The molecule has 220 valence electrons. The Hall–Kier alpha value is -4.05. The van der Waals surface area contributed by atoms with Gasteiger partial charge in [0.2, 0.25) is 21.8 Å². The van der Waals surface area contributed by atoms with E-state index < -0.39 is 28.5 Å². The summed E-state index contributed by atoms with van der Waals surface area (Å²) in [6, 6.07) is 22.7. The van der Waals surface area contributed by atoms with Gasteiger partial charge in [0.1, 0.15) is 30.7 Å². The Balaban J connectivity index is 1.85. The van der Waals surface area contributed by atoms with E-state index in [1.54, 1.807) is 49.6 Å². The van der Waals surface area contributed by atoms with Gasteiger partial charge in [-0.25, -0.2) is 8.42 Å². The Kier molecular flexibility index (Phi) is 11.6. The highest BCUT2D eigenvalue weighted by atomic mass is 32.2. The van der Waals surface area contributed by atoms with E-state index in [2.05, 4.69) is 5.32 Å². The van der Waals surface area contributed by atoms with Gasteiger partial charge in [0.05, 0.1) is 19.1 Å². The zero-order valence-corrected chi connectivity index (χ0v) is 24.9. The first-order chi connectivity index (χ1) is 19.7. The molecule has 41 heavy (non-hydrogen) atoms. The van der Waals surface area contributed by atoms with Gasteiger partial charge in [0.15, 0.2) is 0 Å². The first-order valence-electron chi connectivity index (χ1n) is 13.6. The standard InChI is InChI=1S/C31H39N3O6S/c1-5-19-32-31(36)29(6-2)33(21-25-13-10-14-28(20-25)39-3)30(35)22-34(41(4,37)38)26-15-17-27(18-16-26)40-23-24-11-8-7-9-12-24/h7-18,20,29H,5-6,19,21-23H2,1-4H3,(H,32,36)/t29-/m0/s1. The van der Waals surface area contributed by atoms with Crippen molar-refractivity contribution in [2.45, 2.75) is 45.9 Å². The molecule has 0 spiro atoms. The van der Waals surface area contributed by atoms with Gasteiger partial charge in [0, 0.05) is 13.1 Å². The highest BCUT2D eigenvalue weighted by molar-refractivity contribution is 7.92. The van der Waals surface area contributed by atoms with Gasteiger partial charge in [0.25, 0.3) is 0 Å². The summed E-state index contributed by atoms with van der Waals surface area (Å²) in [5.41, 5.74) is 2.08. The molecule has 3 aromatic rings. The van der Waals surface area contributed by atoms with E-state index in [-0.39, 0.29) is 12.5 Å². The molecule has 0 radical (unpaired) electrons. The molecule has 0 unspecified atom stereocenters. The molecule has 0 aromatic heterocycles. The van der Waals surface area contributed by atoms with E-state index in [0.29, 0.717) is 36.8 Å². The molecule has 1 atom stereocenters. The van der Waals surface area contributed by atoms with Crippen molar-refractivity contribution in [3.8, 4) is 11.5 Å². The molecular weight excluding hydrogens is 542 g/mol. The number of benzene rings is 3. The van der Waals surface area contributed by atoms with E-state index in [1.807, 2.05) is 50.2 Å². The van der Waals surface area contributed by atoms with Crippen molar-refractivity contribution < 1.29 is 27.5 Å². The third-order valence-electron chi connectivity index (χ3n) is 6.47. The Morgan fingerprint density at radius 1 is 0.902 bits per heavy atom. The second-order valence-corrected chi connectivity index (χ2v) is 11.5. The molecule has 1 N–H and O–H groups in total. The lowest BCUT2D eigenvalue weighted by Crippen LogP contribution is -2.52. The van der Waals surface area contributed by atoms with Crippen LogP contribution in [0.1, 0.15) is 37.8 Å². The van der Waals surface area contributed by atoms with Crippen molar-refractivity contribution in [3.05, 3.63) is 90.0 Å². The monoisotopic (exact) mass is 581 g/mol. The lowest BCUT2D eigenvalue weighted by molar-refractivity contribution is -0.140. The number of rotatable bonds is 15. The van der Waals surface area contributed by atoms with E-state index >= 15 is 0 Å². The highest BCUT2D eigenvalue weighted by Crippen LogP contribution is 2.24. The van der Waals surface area contributed by atoms with Crippen molar-refractivity contribution in [1.82, 2.24) is 10.2 Å². The molecule has 0 aliphatic carbocycles. The molecule has 10 heteroatoms. The summed E-state index contributed by atoms with van der Waals surface area (Å²) in [5, 5.41) is 2.87. The fourth-order valence-electron chi connectivity index (χ4n) is 4.32. The number of ether oxygens (including phenoxy) is 2. The minimum absolute atomic E-state index is 0.109. The number of nitrogens with zero attached hydrogens (tertiary/aromatic N) is 2.